The van der Waals surface area contributed by atoms with Crippen molar-refractivity contribution >= 4 is 5.97 Å². The van der Waals surface area contributed by atoms with Crippen LogP contribution in [-0.2, 0) is 16.0 Å². The summed E-state index contributed by atoms with van der Waals surface area (Å²) in [6.45, 7) is 1.41. The van der Waals surface area contributed by atoms with Gasteiger partial charge in [0.05, 0.1) is 6.54 Å². The van der Waals surface area contributed by atoms with Crippen molar-refractivity contribution in [2.75, 3.05) is 6.54 Å². The summed E-state index contributed by atoms with van der Waals surface area (Å²) in [5.41, 5.74) is 5.37. The van der Waals surface area contributed by atoms with Crippen LogP contribution in [0.1, 0.15) is 12.5 Å². The van der Waals surface area contributed by atoms with Gasteiger partial charge in [-0.25, -0.2) is 8.78 Å². The molecule has 1 aromatic rings. The van der Waals surface area contributed by atoms with Crippen LogP contribution in [0.4, 0.5) is 8.78 Å². The first kappa shape index (κ1) is 12.6. The van der Waals surface area contributed by atoms with Crippen LogP contribution < -0.4 is 5.73 Å². The molecule has 0 aliphatic heterocycles. The zero-order valence-corrected chi connectivity index (χ0v) is 8.87. The number of ether oxygens (including phenoxy) is 1. The number of carbonyl (C=O) groups excluding carboxylic acids is 1. The lowest BCUT2D eigenvalue weighted by Crippen LogP contribution is -2.23. The smallest absolute Gasteiger partial charge is 0.319 e. The molecule has 1 atom stereocenters. The van der Waals surface area contributed by atoms with E-state index in [0.29, 0.717) is 5.56 Å². The number of halogens is 2. The Hall–Kier alpha value is -1.49. The minimum Gasteiger partial charge on any atom is -0.461 e. The van der Waals surface area contributed by atoms with Crippen molar-refractivity contribution in [2.45, 2.75) is 19.4 Å². The van der Waals surface area contributed by atoms with E-state index in [4.69, 9.17) is 10.5 Å². The lowest BCUT2D eigenvalue weighted by atomic mass is 10.1. The molecule has 0 saturated heterocycles. The van der Waals surface area contributed by atoms with E-state index in [1.54, 1.807) is 6.92 Å². The van der Waals surface area contributed by atoms with Crippen LogP contribution >= 0.6 is 0 Å². The van der Waals surface area contributed by atoms with Crippen molar-refractivity contribution in [3.8, 4) is 0 Å². The predicted molar refractivity (Wildman–Crippen MR) is 54.7 cm³/mol. The van der Waals surface area contributed by atoms with E-state index in [9.17, 15) is 13.6 Å². The van der Waals surface area contributed by atoms with E-state index >= 15 is 0 Å². The van der Waals surface area contributed by atoms with Crippen molar-refractivity contribution in [3.05, 3.63) is 35.4 Å². The molecule has 0 aliphatic carbocycles. The largest absolute Gasteiger partial charge is 0.461 e. The van der Waals surface area contributed by atoms with Gasteiger partial charge in [-0.05, 0) is 18.6 Å². The second kappa shape index (κ2) is 5.55. The van der Waals surface area contributed by atoms with Gasteiger partial charge in [0.25, 0.3) is 0 Å². The Labute approximate surface area is 92.2 Å². The zero-order valence-electron chi connectivity index (χ0n) is 8.87. The highest BCUT2D eigenvalue weighted by atomic mass is 19.1. The van der Waals surface area contributed by atoms with E-state index in [0.717, 1.165) is 12.1 Å². The molecule has 3 nitrogen and oxygen atoms in total. The molecule has 1 unspecified atom stereocenters. The van der Waals surface area contributed by atoms with Crippen molar-refractivity contribution < 1.29 is 18.3 Å². The van der Waals surface area contributed by atoms with Gasteiger partial charge < -0.3 is 10.5 Å². The summed E-state index contributed by atoms with van der Waals surface area (Å²) in [6.07, 6.45) is -0.297. The molecular formula is C11H13F2NO2. The molecule has 0 aromatic heterocycles. The number of hydrogen-bond acceptors (Lipinski definition) is 3. The van der Waals surface area contributed by atoms with E-state index in [1.807, 2.05) is 0 Å². The second-order valence-electron chi connectivity index (χ2n) is 3.44. The normalized spacial score (nSPS) is 12.2. The third kappa shape index (κ3) is 3.58. The fourth-order valence-corrected chi connectivity index (χ4v) is 1.31. The standard InChI is InChI=1S/C11H13F2NO2/c1-7(16-11(15)6-14)4-8-2-3-9(12)5-10(8)13/h2-3,5,7H,4,6,14H2,1H3. The van der Waals surface area contributed by atoms with Crippen LogP contribution in [0.25, 0.3) is 0 Å². The van der Waals surface area contributed by atoms with Crippen molar-refractivity contribution in [3.63, 3.8) is 0 Å². The Morgan fingerprint density at radius 1 is 1.50 bits per heavy atom. The molecule has 0 spiro atoms. The summed E-state index contributed by atoms with van der Waals surface area (Å²) in [6, 6.07) is 3.29. The first-order valence-corrected chi connectivity index (χ1v) is 4.86. The van der Waals surface area contributed by atoms with Crippen LogP contribution in [0.5, 0.6) is 0 Å². The molecule has 2 N–H and O–H groups in total. The lowest BCUT2D eigenvalue weighted by Gasteiger charge is -2.13. The molecular weight excluding hydrogens is 216 g/mol. The van der Waals surface area contributed by atoms with Crippen LogP contribution in [0.2, 0.25) is 0 Å². The van der Waals surface area contributed by atoms with Gasteiger partial charge in [0.2, 0.25) is 0 Å². The number of nitrogens with two attached hydrogens (primary N) is 1. The molecule has 0 aliphatic rings. The Bertz CT molecular complexity index is 382. The maximum absolute atomic E-state index is 13.2. The van der Waals surface area contributed by atoms with Crippen LogP contribution in [-0.4, -0.2) is 18.6 Å². The maximum atomic E-state index is 13.2. The summed E-state index contributed by atoms with van der Waals surface area (Å²) < 4.78 is 30.7. The number of carbonyl (C=O) groups is 1. The highest BCUT2D eigenvalue weighted by Crippen LogP contribution is 2.12. The average Bonchev–Trinajstić information content (AvgIpc) is 2.22. The number of rotatable bonds is 4. The van der Waals surface area contributed by atoms with Crippen molar-refractivity contribution in [1.29, 1.82) is 0 Å². The predicted octanol–water partition coefficient (Wildman–Crippen LogP) is 1.40. The second-order valence-corrected chi connectivity index (χ2v) is 3.44. The quantitative estimate of drug-likeness (QED) is 0.794. The minimum absolute atomic E-state index is 0.192. The van der Waals surface area contributed by atoms with Gasteiger partial charge in [0, 0.05) is 12.5 Å². The Kier molecular flexibility index (Phi) is 4.37. The molecule has 0 saturated carbocycles. The highest BCUT2D eigenvalue weighted by Gasteiger charge is 2.12. The summed E-state index contributed by atoms with van der Waals surface area (Å²) >= 11 is 0. The van der Waals surface area contributed by atoms with Crippen molar-refractivity contribution in [2.24, 2.45) is 5.73 Å². The van der Waals surface area contributed by atoms with E-state index < -0.39 is 23.7 Å². The van der Waals surface area contributed by atoms with Gasteiger partial charge >= 0.3 is 5.97 Å². The summed E-state index contributed by atoms with van der Waals surface area (Å²) in [5, 5.41) is 0. The van der Waals surface area contributed by atoms with Crippen LogP contribution in [0, 0.1) is 11.6 Å². The molecule has 1 aromatic carbocycles. The topological polar surface area (TPSA) is 52.3 Å². The van der Waals surface area contributed by atoms with Gasteiger partial charge in [-0.15, -0.1) is 0 Å². The number of benzene rings is 1. The summed E-state index contributed by atoms with van der Waals surface area (Å²) in [5.74, 6) is -1.82. The first-order valence-electron chi connectivity index (χ1n) is 4.86. The fraction of sp³-hybridized carbons (Fsp3) is 0.364. The molecule has 88 valence electrons. The molecule has 0 fully saturated rings. The molecule has 1 rings (SSSR count). The third-order valence-corrected chi connectivity index (χ3v) is 2.02. The van der Waals surface area contributed by atoms with E-state index in [-0.39, 0.29) is 13.0 Å². The van der Waals surface area contributed by atoms with Gasteiger partial charge in [-0.2, -0.15) is 0 Å². The Morgan fingerprint density at radius 2 is 2.19 bits per heavy atom. The van der Waals surface area contributed by atoms with E-state index in [2.05, 4.69) is 0 Å². The first-order chi connectivity index (χ1) is 7.52. The maximum Gasteiger partial charge on any atom is 0.319 e. The monoisotopic (exact) mass is 229 g/mol. The van der Waals surface area contributed by atoms with Crippen LogP contribution in [0.15, 0.2) is 18.2 Å². The van der Waals surface area contributed by atoms with Crippen LogP contribution in [0.3, 0.4) is 0 Å². The zero-order chi connectivity index (χ0) is 12.1. The molecule has 0 radical (unpaired) electrons. The van der Waals surface area contributed by atoms with Gasteiger partial charge in [0.1, 0.15) is 17.7 Å². The number of hydrogen-bond donors (Lipinski definition) is 1. The highest BCUT2D eigenvalue weighted by molar-refractivity contribution is 5.71. The minimum atomic E-state index is -0.643. The number of esters is 1. The van der Waals surface area contributed by atoms with Crippen molar-refractivity contribution in [1.82, 2.24) is 0 Å². The Balaban J connectivity index is 2.62. The lowest BCUT2D eigenvalue weighted by molar-refractivity contribution is -0.146. The Morgan fingerprint density at radius 3 is 2.75 bits per heavy atom. The van der Waals surface area contributed by atoms with E-state index in [1.165, 1.54) is 6.07 Å². The molecule has 0 amide bonds. The molecule has 0 bridgehead atoms. The van der Waals surface area contributed by atoms with Gasteiger partial charge in [0.15, 0.2) is 0 Å². The summed E-state index contributed by atoms with van der Waals surface area (Å²) in [7, 11) is 0. The average molecular weight is 229 g/mol. The summed E-state index contributed by atoms with van der Waals surface area (Å²) in [4.78, 5) is 10.9. The van der Waals surface area contributed by atoms with Gasteiger partial charge in [-0.3, -0.25) is 4.79 Å². The molecule has 0 heterocycles. The SMILES string of the molecule is CC(Cc1ccc(F)cc1F)OC(=O)CN. The fourth-order valence-electron chi connectivity index (χ4n) is 1.31. The molecule has 16 heavy (non-hydrogen) atoms. The molecule has 5 heteroatoms. The third-order valence-electron chi connectivity index (χ3n) is 2.02. The van der Waals surface area contributed by atoms with Gasteiger partial charge in [-0.1, -0.05) is 6.07 Å².